The number of nitrogens with zero attached hydrogens (tertiary/aromatic N) is 6. The number of nitrogen functional groups attached to an aromatic ring is 1. The Kier molecular flexibility index (Phi) is 2.28. The van der Waals surface area contributed by atoms with Gasteiger partial charge in [-0.3, -0.25) is 0 Å². The fourth-order valence-electron chi connectivity index (χ4n) is 1.07. The topological polar surface area (TPSA) is 95.4 Å². The maximum absolute atomic E-state index is 5.58. The van der Waals surface area contributed by atoms with Crippen LogP contribution in [0.15, 0.2) is 12.7 Å². The van der Waals surface area contributed by atoms with E-state index in [1.807, 2.05) is 13.8 Å². The molecule has 0 spiro atoms. The van der Waals surface area contributed by atoms with Crippen LogP contribution in [0.3, 0.4) is 0 Å². The highest BCUT2D eigenvalue weighted by Crippen LogP contribution is 2.10. The number of nitrogens with two attached hydrogens (primary N) is 1. The van der Waals surface area contributed by atoms with Crippen LogP contribution in [0.5, 0.6) is 0 Å². The maximum atomic E-state index is 5.58. The van der Waals surface area contributed by atoms with Crippen LogP contribution >= 0.6 is 0 Å². The summed E-state index contributed by atoms with van der Waals surface area (Å²) >= 11 is 0. The molecule has 2 rings (SSSR count). The molecular formula is C8H11N7. The Bertz CT molecular complexity index is 448. The van der Waals surface area contributed by atoms with Gasteiger partial charge in [0.2, 0.25) is 5.95 Å². The van der Waals surface area contributed by atoms with E-state index < -0.39 is 0 Å². The summed E-state index contributed by atoms with van der Waals surface area (Å²) < 4.78 is 1.45. The predicted octanol–water partition coefficient (Wildman–Crippen LogP) is 0.158. The zero-order chi connectivity index (χ0) is 10.8. The first-order valence-corrected chi connectivity index (χ1v) is 4.53. The van der Waals surface area contributed by atoms with Gasteiger partial charge in [0.05, 0.1) is 0 Å². The molecule has 2 aromatic heterocycles. The normalized spacial score (nSPS) is 10.9. The first-order valence-electron chi connectivity index (χ1n) is 4.53. The Morgan fingerprint density at radius 3 is 2.67 bits per heavy atom. The molecule has 0 radical (unpaired) electrons. The Hall–Kier alpha value is -2.05. The van der Waals surface area contributed by atoms with Crippen molar-refractivity contribution in [3.05, 3.63) is 18.5 Å². The van der Waals surface area contributed by atoms with E-state index in [1.165, 1.54) is 17.3 Å². The highest BCUT2D eigenvalue weighted by Gasteiger charge is 2.09. The van der Waals surface area contributed by atoms with E-state index >= 15 is 0 Å². The van der Waals surface area contributed by atoms with E-state index in [1.54, 1.807) is 0 Å². The molecule has 0 aliphatic rings. The molecule has 7 heteroatoms. The molecular weight excluding hydrogens is 194 g/mol. The minimum Gasteiger partial charge on any atom is -0.368 e. The monoisotopic (exact) mass is 205 g/mol. The summed E-state index contributed by atoms with van der Waals surface area (Å²) in [4.78, 5) is 16.1. The van der Waals surface area contributed by atoms with Crippen LogP contribution in [-0.4, -0.2) is 29.7 Å². The van der Waals surface area contributed by atoms with E-state index in [2.05, 4.69) is 25.0 Å². The van der Waals surface area contributed by atoms with Crippen LogP contribution in [0.2, 0.25) is 0 Å². The summed E-state index contributed by atoms with van der Waals surface area (Å²) in [6.45, 7) is 3.97. The number of hydrogen-bond donors (Lipinski definition) is 1. The zero-order valence-electron chi connectivity index (χ0n) is 8.49. The molecule has 0 atom stereocenters. The number of anilines is 1. The highest BCUT2D eigenvalue weighted by molar-refractivity contribution is 5.22. The summed E-state index contributed by atoms with van der Waals surface area (Å²) in [6.07, 6.45) is 2.92. The van der Waals surface area contributed by atoms with Crippen LogP contribution in [-0.2, 0) is 0 Å². The van der Waals surface area contributed by atoms with Crippen LogP contribution in [0.1, 0.15) is 25.6 Å². The third kappa shape index (κ3) is 1.90. The largest absolute Gasteiger partial charge is 0.368 e. The molecule has 0 saturated heterocycles. The maximum Gasteiger partial charge on any atom is 0.257 e. The van der Waals surface area contributed by atoms with E-state index in [0.717, 1.165) is 0 Å². The zero-order valence-corrected chi connectivity index (χ0v) is 8.49. The van der Waals surface area contributed by atoms with Crippen molar-refractivity contribution in [3.63, 3.8) is 0 Å². The minimum atomic E-state index is 0.192. The molecule has 0 bridgehead atoms. The molecule has 78 valence electrons. The first kappa shape index (κ1) is 9.50. The lowest BCUT2D eigenvalue weighted by Gasteiger charge is -2.05. The summed E-state index contributed by atoms with van der Waals surface area (Å²) in [5.74, 6) is 1.42. The van der Waals surface area contributed by atoms with E-state index in [-0.39, 0.29) is 11.9 Å². The molecule has 0 aliphatic heterocycles. The molecule has 2 heterocycles. The van der Waals surface area contributed by atoms with Crippen molar-refractivity contribution >= 4 is 5.95 Å². The van der Waals surface area contributed by atoms with Gasteiger partial charge in [0, 0.05) is 5.92 Å². The lowest BCUT2D eigenvalue weighted by molar-refractivity contribution is 0.722. The van der Waals surface area contributed by atoms with E-state index in [4.69, 9.17) is 5.73 Å². The van der Waals surface area contributed by atoms with Gasteiger partial charge in [0.15, 0.2) is 0 Å². The lowest BCUT2D eigenvalue weighted by atomic mass is 10.2. The summed E-state index contributed by atoms with van der Waals surface area (Å²) in [5, 5.41) is 3.93. The minimum absolute atomic E-state index is 0.192. The van der Waals surface area contributed by atoms with Crippen LogP contribution in [0.4, 0.5) is 5.95 Å². The number of hydrogen-bond acceptors (Lipinski definition) is 6. The smallest absolute Gasteiger partial charge is 0.257 e. The van der Waals surface area contributed by atoms with Crippen molar-refractivity contribution in [1.29, 1.82) is 0 Å². The van der Waals surface area contributed by atoms with Crippen molar-refractivity contribution in [2.75, 3.05) is 5.73 Å². The Morgan fingerprint density at radius 2 is 2.07 bits per heavy atom. The van der Waals surface area contributed by atoms with Crippen molar-refractivity contribution in [2.45, 2.75) is 19.8 Å². The molecule has 0 unspecified atom stereocenters. The van der Waals surface area contributed by atoms with Crippen molar-refractivity contribution < 1.29 is 0 Å². The lowest BCUT2D eigenvalue weighted by Crippen LogP contribution is -2.10. The van der Waals surface area contributed by atoms with Gasteiger partial charge in [-0.25, -0.2) is 4.98 Å². The molecule has 15 heavy (non-hydrogen) atoms. The van der Waals surface area contributed by atoms with E-state index in [9.17, 15) is 0 Å². The molecule has 2 N–H and O–H groups in total. The Morgan fingerprint density at radius 1 is 1.27 bits per heavy atom. The SMILES string of the molecule is CC(C)c1nc(N)nc(-n2cncn2)n1. The fraction of sp³-hybridized carbons (Fsp3) is 0.375. The van der Waals surface area contributed by atoms with Gasteiger partial charge in [0.1, 0.15) is 18.5 Å². The molecule has 0 saturated carbocycles. The van der Waals surface area contributed by atoms with Gasteiger partial charge in [-0.15, -0.1) is 0 Å². The fourth-order valence-corrected chi connectivity index (χ4v) is 1.07. The van der Waals surface area contributed by atoms with Crippen LogP contribution in [0.25, 0.3) is 5.95 Å². The van der Waals surface area contributed by atoms with Crippen LogP contribution in [0, 0.1) is 0 Å². The summed E-state index contributed by atoms with van der Waals surface area (Å²) in [7, 11) is 0. The van der Waals surface area contributed by atoms with Crippen molar-refractivity contribution in [1.82, 2.24) is 29.7 Å². The second-order valence-corrected chi connectivity index (χ2v) is 3.35. The first-order chi connectivity index (χ1) is 7.16. The standard InChI is InChI=1S/C8H11N7/c1-5(2)6-12-7(9)14-8(13-6)15-4-10-3-11-15/h3-5H,1-2H3,(H2,9,12,13,14). The third-order valence-electron chi connectivity index (χ3n) is 1.80. The van der Waals surface area contributed by atoms with Gasteiger partial charge < -0.3 is 5.73 Å². The molecule has 2 aromatic rings. The van der Waals surface area contributed by atoms with Gasteiger partial charge in [0.25, 0.3) is 5.95 Å². The highest BCUT2D eigenvalue weighted by atomic mass is 15.4. The van der Waals surface area contributed by atoms with E-state index in [0.29, 0.717) is 11.8 Å². The Balaban J connectivity index is 2.49. The van der Waals surface area contributed by atoms with Gasteiger partial charge in [-0.05, 0) is 0 Å². The molecule has 0 amide bonds. The number of rotatable bonds is 2. The average molecular weight is 205 g/mol. The molecule has 0 aliphatic carbocycles. The number of aromatic nitrogens is 6. The molecule has 0 fully saturated rings. The second kappa shape index (κ2) is 3.60. The van der Waals surface area contributed by atoms with Crippen molar-refractivity contribution in [3.8, 4) is 5.95 Å². The predicted molar refractivity (Wildman–Crippen MR) is 53.2 cm³/mol. The summed E-state index contributed by atoms with van der Waals surface area (Å²) in [6, 6.07) is 0. The summed E-state index contributed by atoms with van der Waals surface area (Å²) in [5.41, 5.74) is 5.58. The van der Waals surface area contributed by atoms with Gasteiger partial charge in [-0.1, -0.05) is 13.8 Å². The quantitative estimate of drug-likeness (QED) is 0.750. The van der Waals surface area contributed by atoms with Crippen molar-refractivity contribution in [2.24, 2.45) is 0 Å². The van der Waals surface area contributed by atoms with Gasteiger partial charge >= 0.3 is 0 Å². The Labute approximate surface area is 86.4 Å². The molecule has 0 aromatic carbocycles. The second-order valence-electron chi connectivity index (χ2n) is 3.35. The molecule has 7 nitrogen and oxygen atoms in total. The van der Waals surface area contributed by atoms with Gasteiger partial charge in [-0.2, -0.15) is 24.7 Å². The van der Waals surface area contributed by atoms with Crippen LogP contribution < -0.4 is 5.73 Å². The average Bonchev–Trinajstić information content (AvgIpc) is 2.69. The third-order valence-corrected chi connectivity index (χ3v) is 1.80.